The number of hydrogen-bond donors (Lipinski definition) is 2. The number of carboxylic acid groups (broad SMARTS) is 1. The molecule has 9 nitrogen and oxygen atoms in total. The largest absolute Gasteiger partial charge is 0.465 e. The highest BCUT2D eigenvalue weighted by atomic mass is 127. The number of rotatable bonds is 8. The number of carbonyl (C=O) groups is 1. The van der Waals surface area contributed by atoms with Gasteiger partial charge in [-0.2, -0.15) is 0 Å². The molecule has 170 valence electrons. The molecule has 1 aromatic carbocycles. The second-order valence-corrected chi connectivity index (χ2v) is 8.84. The number of nitrogens with zero attached hydrogens (tertiary/aromatic N) is 3. The zero-order valence-corrected chi connectivity index (χ0v) is 19.8. The van der Waals surface area contributed by atoms with Crippen molar-refractivity contribution in [2.45, 2.75) is 44.6 Å². The van der Waals surface area contributed by atoms with E-state index in [1.807, 2.05) is 41.8 Å². The molecule has 1 fully saturated rings. The molecule has 0 bridgehead atoms. The molecule has 1 aliphatic heterocycles. The van der Waals surface area contributed by atoms with Crippen molar-refractivity contribution in [1.29, 1.82) is 0 Å². The predicted octanol–water partition coefficient (Wildman–Crippen LogP) is 4.60. The Bertz CT molecular complexity index is 1030. The fourth-order valence-electron chi connectivity index (χ4n) is 3.74. The number of imidazole rings is 1. The summed E-state index contributed by atoms with van der Waals surface area (Å²) in [5, 5.41) is 15.9. The van der Waals surface area contributed by atoms with Gasteiger partial charge in [0.1, 0.15) is 17.6 Å². The van der Waals surface area contributed by atoms with E-state index in [0.29, 0.717) is 23.9 Å². The molecule has 3 atom stereocenters. The first-order valence-corrected chi connectivity index (χ1v) is 11.6. The third-order valence-corrected chi connectivity index (χ3v) is 6.06. The Labute approximate surface area is 199 Å². The van der Waals surface area contributed by atoms with Gasteiger partial charge in [-0.15, -0.1) is 0 Å². The standard InChI is InChI=1S/C22H25IN4O5/c1-14(31-20-4-2-3-11-30-20)21-24-9-10-27(21)18(13-25-22(28)29)17-12-19(32-26-17)15-5-7-16(23)8-6-15/h5-10,12,14,18,20,25H,2-4,11,13H2,1H3,(H,28,29)/t14-,18+,20?/m0/s1. The number of aromatic nitrogens is 3. The lowest BCUT2D eigenvalue weighted by Crippen LogP contribution is -2.31. The minimum Gasteiger partial charge on any atom is -0.465 e. The van der Waals surface area contributed by atoms with Crippen LogP contribution in [0.1, 0.15) is 49.9 Å². The monoisotopic (exact) mass is 552 g/mol. The van der Waals surface area contributed by atoms with Crippen molar-refractivity contribution < 1.29 is 23.9 Å². The van der Waals surface area contributed by atoms with E-state index < -0.39 is 12.1 Å². The van der Waals surface area contributed by atoms with Crippen LogP contribution in [0, 0.1) is 3.57 Å². The highest BCUT2D eigenvalue weighted by Crippen LogP contribution is 2.29. The molecule has 0 radical (unpaired) electrons. The highest BCUT2D eigenvalue weighted by Gasteiger charge is 2.26. The fraction of sp³-hybridized carbons (Fsp3) is 0.409. The summed E-state index contributed by atoms with van der Waals surface area (Å²) in [6, 6.07) is 9.27. The smallest absolute Gasteiger partial charge is 0.404 e. The van der Waals surface area contributed by atoms with Crippen molar-refractivity contribution >= 4 is 28.7 Å². The fourth-order valence-corrected chi connectivity index (χ4v) is 4.10. The van der Waals surface area contributed by atoms with Gasteiger partial charge in [0, 0.05) is 40.7 Å². The van der Waals surface area contributed by atoms with Gasteiger partial charge >= 0.3 is 6.09 Å². The van der Waals surface area contributed by atoms with Gasteiger partial charge in [0.15, 0.2) is 12.1 Å². The van der Waals surface area contributed by atoms with Gasteiger partial charge < -0.3 is 29.0 Å². The van der Waals surface area contributed by atoms with Crippen LogP contribution in [0.3, 0.4) is 0 Å². The Morgan fingerprint density at radius 1 is 1.38 bits per heavy atom. The molecule has 0 aliphatic carbocycles. The van der Waals surface area contributed by atoms with Crippen molar-refractivity contribution in [1.82, 2.24) is 20.0 Å². The SMILES string of the molecule is C[C@H](OC1CCCCO1)c1nccn1[C@H](CNC(=O)O)c1cc(-c2ccc(I)cc2)on1. The van der Waals surface area contributed by atoms with Gasteiger partial charge in [0.25, 0.3) is 0 Å². The highest BCUT2D eigenvalue weighted by molar-refractivity contribution is 14.1. The summed E-state index contributed by atoms with van der Waals surface area (Å²) in [5.74, 6) is 1.27. The molecular formula is C22H25IN4O5. The first-order valence-electron chi connectivity index (χ1n) is 10.5. The Hall–Kier alpha value is -2.44. The number of amides is 1. The summed E-state index contributed by atoms with van der Waals surface area (Å²) in [5.41, 5.74) is 1.48. The van der Waals surface area contributed by atoms with Crippen molar-refractivity contribution in [3.63, 3.8) is 0 Å². The molecule has 0 saturated carbocycles. The second kappa shape index (κ2) is 10.5. The quantitative estimate of drug-likeness (QED) is 0.393. The average Bonchev–Trinajstić information content (AvgIpc) is 3.46. The molecule has 10 heteroatoms. The number of ether oxygens (including phenoxy) is 2. The number of hydrogen-bond acceptors (Lipinski definition) is 6. The molecule has 32 heavy (non-hydrogen) atoms. The molecule has 2 N–H and O–H groups in total. The maximum Gasteiger partial charge on any atom is 0.404 e. The van der Waals surface area contributed by atoms with E-state index >= 15 is 0 Å². The average molecular weight is 552 g/mol. The van der Waals surface area contributed by atoms with Crippen LogP contribution in [0.4, 0.5) is 4.79 Å². The summed E-state index contributed by atoms with van der Waals surface area (Å²) in [4.78, 5) is 15.7. The number of halogens is 1. The van der Waals surface area contributed by atoms with Crippen molar-refractivity contribution in [3.8, 4) is 11.3 Å². The Morgan fingerprint density at radius 3 is 2.91 bits per heavy atom. The van der Waals surface area contributed by atoms with Crippen LogP contribution in [-0.2, 0) is 9.47 Å². The minimum atomic E-state index is -1.11. The Kier molecular flexibility index (Phi) is 7.43. The molecule has 0 spiro atoms. The van der Waals surface area contributed by atoms with Crippen LogP contribution >= 0.6 is 22.6 Å². The summed E-state index contributed by atoms with van der Waals surface area (Å²) in [7, 11) is 0. The molecule has 1 unspecified atom stereocenters. The van der Waals surface area contributed by atoms with Crippen LogP contribution in [0.15, 0.2) is 47.2 Å². The lowest BCUT2D eigenvalue weighted by molar-refractivity contribution is -0.188. The van der Waals surface area contributed by atoms with Gasteiger partial charge in [-0.05, 0) is 60.9 Å². The molecule has 2 aromatic heterocycles. The lowest BCUT2D eigenvalue weighted by Gasteiger charge is -2.27. The topological polar surface area (TPSA) is 112 Å². The molecule has 1 saturated heterocycles. The summed E-state index contributed by atoms with van der Waals surface area (Å²) in [6.45, 7) is 2.71. The third kappa shape index (κ3) is 5.48. The molecule has 1 amide bonds. The summed E-state index contributed by atoms with van der Waals surface area (Å²) >= 11 is 2.24. The van der Waals surface area contributed by atoms with Gasteiger partial charge in [0.05, 0.1) is 6.04 Å². The van der Waals surface area contributed by atoms with E-state index in [-0.39, 0.29) is 18.9 Å². The summed E-state index contributed by atoms with van der Waals surface area (Å²) < 4.78 is 20.4. The minimum absolute atomic E-state index is 0.101. The van der Waals surface area contributed by atoms with Gasteiger partial charge in [-0.1, -0.05) is 17.3 Å². The van der Waals surface area contributed by atoms with Gasteiger partial charge in [-0.25, -0.2) is 9.78 Å². The van der Waals surface area contributed by atoms with E-state index in [1.54, 1.807) is 12.4 Å². The molecule has 3 heterocycles. The molecule has 3 aromatic rings. The lowest BCUT2D eigenvalue weighted by atomic mass is 10.1. The first-order chi connectivity index (χ1) is 15.5. The maximum atomic E-state index is 11.2. The zero-order valence-electron chi connectivity index (χ0n) is 17.6. The first kappa shape index (κ1) is 22.7. The van der Waals surface area contributed by atoms with Crippen LogP contribution in [0.5, 0.6) is 0 Å². The zero-order chi connectivity index (χ0) is 22.5. The van der Waals surface area contributed by atoms with Crippen molar-refractivity contribution in [2.75, 3.05) is 13.2 Å². The number of benzene rings is 1. The Morgan fingerprint density at radius 2 is 2.19 bits per heavy atom. The van der Waals surface area contributed by atoms with Crippen LogP contribution < -0.4 is 5.32 Å². The maximum absolute atomic E-state index is 11.2. The van der Waals surface area contributed by atoms with E-state index in [4.69, 9.17) is 14.0 Å². The van der Waals surface area contributed by atoms with E-state index in [9.17, 15) is 9.90 Å². The Balaban J connectivity index is 1.59. The summed E-state index contributed by atoms with van der Waals surface area (Å²) in [6.07, 6.45) is 4.70. The van der Waals surface area contributed by atoms with E-state index in [2.05, 4.69) is 38.0 Å². The van der Waals surface area contributed by atoms with Crippen LogP contribution in [0.25, 0.3) is 11.3 Å². The number of nitrogens with one attached hydrogen (secondary N) is 1. The van der Waals surface area contributed by atoms with Crippen molar-refractivity contribution in [3.05, 3.63) is 57.8 Å². The van der Waals surface area contributed by atoms with Crippen LogP contribution in [-0.4, -0.2) is 45.3 Å². The molecule has 1 aliphatic rings. The predicted molar refractivity (Wildman–Crippen MR) is 124 cm³/mol. The van der Waals surface area contributed by atoms with Gasteiger partial charge in [-0.3, -0.25) is 0 Å². The van der Waals surface area contributed by atoms with E-state index in [1.165, 1.54) is 0 Å². The second-order valence-electron chi connectivity index (χ2n) is 7.59. The third-order valence-electron chi connectivity index (χ3n) is 5.34. The van der Waals surface area contributed by atoms with Crippen LogP contribution in [0.2, 0.25) is 0 Å². The molecular weight excluding hydrogens is 527 g/mol. The van der Waals surface area contributed by atoms with E-state index in [0.717, 1.165) is 28.4 Å². The molecule has 4 rings (SSSR count). The van der Waals surface area contributed by atoms with Gasteiger partial charge in [0.2, 0.25) is 0 Å². The van der Waals surface area contributed by atoms with Crippen molar-refractivity contribution in [2.24, 2.45) is 0 Å². The normalized spacial score (nSPS) is 18.2.